The van der Waals surface area contributed by atoms with Crippen molar-refractivity contribution < 1.29 is 4.79 Å². The van der Waals surface area contributed by atoms with Crippen LogP contribution in [0.25, 0.3) is 10.9 Å². The Kier molecular flexibility index (Phi) is 4.79. The fraction of sp³-hybridized carbons (Fsp3) is 0.368. The molecular formula is C19H25N5O. The van der Waals surface area contributed by atoms with Gasteiger partial charge in [0.05, 0.1) is 12.6 Å². The first-order valence-electron chi connectivity index (χ1n) is 8.59. The van der Waals surface area contributed by atoms with Crippen LogP contribution in [0.1, 0.15) is 42.2 Å². The summed E-state index contributed by atoms with van der Waals surface area (Å²) in [7, 11) is 1.81. The van der Waals surface area contributed by atoms with Crippen LogP contribution in [0.5, 0.6) is 0 Å². The fourth-order valence-corrected chi connectivity index (χ4v) is 3.04. The Morgan fingerprint density at radius 1 is 1.28 bits per heavy atom. The SMILES string of the molecule is CCC(NC(=O)N(C)Cc1[nH]c2ccccc2c1C)c1ncc(C)[nH]1. The Morgan fingerprint density at radius 3 is 2.68 bits per heavy atom. The normalized spacial score (nSPS) is 12.3. The van der Waals surface area contributed by atoms with E-state index in [2.05, 4.69) is 39.3 Å². The highest BCUT2D eigenvalue weighted by atomic mass is 16.2. The van der Waals surface area contributed by atoms with Crippen LogP contribution in [-0.2, 0) is 6.54 Å². The predicted octanol–water partition coefficient (Wildman–Crippen LogP) is 3.80. The first kappa shape index (κ1) is 17.1. The summed E-state index contributed by atoms with van der Waals surface area (Å²) in [5, 5.41) is 4.25. The summed E-state index contributed by atoms with van der Waals surface area (Å²) in [6.45, 7) is 6.60. The van der Waals surface area contributed by atoms with Gasteiger partial charge in [-0.3, -0.25) is 0 Å². The number of fused-ring (bicyclic) bond motifs is 1. The van der Waals surface area contributed by atoms with Gasteiger partial charge >= 0.3 is 6.03 Å². The number of hydrogen-bond donors (Lipinski definition) is 3. The molecule has 1 unspecified atom stereocenters. The molecule has 0 aliphatic heterocycles. The van der Waals surface area contributed by atoms with E-state index in [4.69, 9.17) is 0 Å². The number of imidazole rings is 1. The second kappa shape index (κ2) is 7.01. The minimum Gasteiger partial charge on any atom is -0.357 e. The molecule has 2 aromatic heterocycles. The number of nitrogens with zero attached hydrogens (tertiary/aromatic N) is 2. The van der Waals surface area contributed by atoms with Crippen LogP contribution < -0.4 is 5.32 Å². The number of amides is 2. The van der Waals surface area contributed by atoms with Crippen molar-refractivity contribution in [2.45, 2.75) is 39.8 Å². The van der Waals surface area contributed by atoms with Gasteiger partial charge in [-0.25, -0.2) is 9.78 Å². The van der Waals surface area contributed by atoms with Crippen LogP contribution in [-0.4, -0.2) is 32.9 Å². The van der Waals surface area contributed by atoms with Crippen molar-refractivity contribution in [3.05, 3.63) is 53.2 Å². The molecular weight excluding hydrogens is 314 g/mol. The number of rotatable bonds is 5. The molecule has 1 aromatic carbocycles. The summed E-state index contributed by atoms with van der Waals surface area (Å²) < 4.78 is 0. The van der Waals surface area contributed by atoms with E-state index in [-0.39, 0.29) is 12.1 Å². The highest BCUT2D eigenvalue weighted by Gasteiger charge is 2.19. The van der Waals surface area contributed by atoms with Gasteiger partial charge in [0, 0.05) is 35.5 Å². The van der Waals surface area contributed by atoms with Crippen molar-refractivity contribution in [3.8, 4) is 0 Å². The molecule has 0 saturated carbocycles. The summed E-state index contributed by atoms with van der Waals surface area (Å²) in [5.41, 5.74) is 4.33. The fourth-order valence-electron chi connectivity index (χ4n) is 3.04. The van der Waals surface area contributed by atoms with Gasteiger partial charge in [-0.05, 0) is 31.9 Å². The molecule has 3 aromatic rings. The van der Waals surface area contributed by atoms with Gasteiger partial charge in [0.1, 0.15) is 5.82 Å². The molecule has 0 fully saturated rings. The van der Waals surface area contributed by atoms with Crippen molar-refractivity contribution >= 4 is 16.9 Å². The Labute approximate surface area is 147 Å². The number of benzene rings is 1. The summed E-state index contributed by atoms with van der Waals surface area (Å²) in [6.07, 6.45) is 2.56. The van der Waals surface area contributed by atoms with E-state index >= 15 is 0 Å². The number of aromatic nitrogens is 3. The average Bonchev–Trinajstić information content (AvgIpc) is 3.17. The molecule has 2 amide bonds. The number of aromatic amines is 2. The largest absolute Gasteiger partial charge is 0.357 e. The molecule has 132 valence electrons. The van der Waals surface area contributed by atoms with Crippen LogP contribution in [0.4, 0.5) is 4.79 Å². The molecule has 0 bridgehead atoms. The minimum absolute atomic E-state index is 0.112. The molecule has 0 spiro atoms. The molecule has 0 radical (unpaired) electrons. The summed E-state index contributed by atoms with van der Waals surface area (Å²) >= 11 is 0. The van der Waals surface area contributed by atoms with Gasteiger partial charge in [0.2, 0.25) is 0 Å². The number of carbonyl (C=O) groups is 1. The van der Waals surface area contributed by atoms with Gasteiger partial charge in [0.25, 0.3) is 0 Å². The molecule has 1 atom stereocenters. The Bertz CT molecular complexity index is 879. The number of H-pyrrole nitrogens is 2. The quantitative estimate of drug-likeness (QED) is 0.661. The molecule has 3 N–H and O–H groups in total. The smallest absolute Gasteiger partial charge is 0.318 e. The Balaban J connectivity index is 1.70. The monoisotopic (exact) mass is 339 g/mol. The maximum absolute atomic E-state index is 12.6. The molecule has 2 heterocycles. The van der Waals surface area contributed by atoms with E-state index in [1.165, 1.54) is 10.9 Å². The molecule has 25 heavy (non-hydrogen) atoms. The standard InChI is InChI=1S/C19H25N5O/c1-5-15(18-20-10-12(2)21-18)23-19(25)24(4)11-17-13(3)14-8-6-7-9-16(14)22-17/h6-10,15,22H,5,11H2,1-4H3,(H,20,21)(H,23,25). The number of urea groups is 1. The van der Waals surface area contributed by atoms with E-state index in [9.17, 15) is 4.79 Å². The van der Waals surface area contributed by atoms with Crippen molar-refractivity contribution in [2.24, 2.45) is 0 Å². The summed E-state index contributed by atoms with van der Waals surface area (Å²) in [5.74, 6) is 0.795. The number of aryl methyl sites for hydroxylation is 2. The van der Waals surface area contributed by atoms with Crippen molar-refractivity contribution in [1.82, 2.24) is 25.2 Å². The lowest BCUT2D eigenvalue weighted by Crippen LogP contribution is -2.39. The van der Waals surface area contributed by atoms with Gasteiger partial charge in [-0.15, -0.1) is 0 Å². The van der Waals surface area contributed by atoms with Crippen LogP contribution in [0.3, 0.4) is 0 Å². The molecule has 6 nitrogen and oxygen atoms in total. The zero-order valence-electron chi connectivity index (χ0n) is 15.2. The maximum atomic E-state index is 12.6. The number of carbonyl (C=O) groups excluding carboxylic acids is 1. The highest BCUT2D eigenvalue weighted by molar-refractivity contribution is 5.84. The van der Waals surface area contributed by atoms with Crippen molar-refractivity contribution in [3.63, 3.8) is 0 Å². The third-order valence-electron chi connectivity index (χ3n) is 4.57. The first-order chi connectivity index (χ1) is 12.0. The Morgan fingerprint density at radius 2 is 2.04 bits per heavy atom. The zero-order valence-corrected chi connectivity index (χ0v) is 15.2. The van der Waals surface area contributed by atoms with Crippen molar-refractivity contribution in [2.75, 3.05) is 7.05 Å². The topological polar surface area (TPSA) is 76.8 Å². The average molecular weight is 339 g/mol. The van der Waals surface area contributed by atoms with E-state index in [0.29, 0.717) is 6.54 Å². The molecule has 0 aliphatic carbocycles. The van der Waals surface area contributed by atoms with E-state index in [1.807, 2.05) is 26.0 Å². The molecule has 3 rings (SSSR count). The van der Waals surface area contributed by atoms with Gasteiger partial charge in [-0.1, -0.05) is 25.1 Å². The minimum atomic E-state index is -0.118. The van der Waals surface area contributed by atoms with Gasteiger partial charge < -0.3 is 20.2 Å². The van der Waals surface area contributed by atoms with E-state index < -0.39 is 0 Å². The third kappa shape index (κ3) is 3.52. The summed E-state index contributed by atoms with van der Waals surface area (Å²) in [4.78, 5) is 25.2. The number of hydrogen-bond acceptors (Lipinski definition) is 2. The maximum Gasteiger partial charge on any atom is 0.318 e. The highest BCUT2D eigenvalue weighted by Crippen LogP contribution is 2.22. The Hall–Kier alpha value is -2.76. The van der Waals surface area contributed by atoms with Gasteiger partial charge in [0.15, 0.2) is 0 Å². The summed E-state index contributed by atoms with van der Waals surface area (Å²) in [6, 6.07) is 7.96. The second-order valence-corrected chi connectivity index (χ2v) is 6.49. The van der Waals surface area contributed by atoms with Crippen LogP contribution >= 0.6 is 0 Å². The molecule has 0 saturated heterocycles. The van der Waals surface area contributed by atoms with Crippen LogP contribution in [0, 0.1) is 13.8 Å². The van der Waals surface area contributed by atoms with E-state index in [1.54, 1.807) is 18.1 Å². The second-order valence-electron chi connectivity index (χ2n) is 6.49. The predicted molar refractivity (Wildman–Crippen MR) is 99.4 cm³/mol. The zero-order chi connectivity index (χ0) is 18.0. The molecule has 6 heteroatoms. The van der Waals surface area contributed by atoms with E-state index in [0.717, 1.165) is 29.1 Å². The lowest BCUT2D eigenvalue weighted by Gasteiger charge is -2.22. The van der Waals surface area contributed by atoms with Crippen LogP contribution in [0.15, 0.2) is 30.5 Å². The lowest BCUT2D eigenvalue weighted by molar-refractivity contribution is 0.201. The lowest BCUT2D eigenvalue weighted by atomic mass is 10.1. The van der Waals surface area contributed by atoms with Gasteiger partial charge in [-0.2, -0.15) is 0 Å². The number of para-hydroxylation sites is 1. The first-order valence-corrected chi connectivity index (χ1v) is 8.59. The third-order valence-corrected chi connectivity index (χ3v) is 4.57. The molecule has 0 aliphatic rings. The van der Waals surface area contributed by atoms with Crippen molar-refractivity contribution in [1.29, 1.82) is 0 Å². The van der Waals surface area contributed by atoms with Crippen LogP contribution in [0.2, 0.25) is 0 Å². The number of nitrogens with one attached hydrogen (secondary N) is 3.